The van der Waals surface area contributed by atoms with Gasteiger partial charge in [-0.25, -0.2) is 0 Å². The van der Waals surface area contributed by atoms with Gasteiger partial charge in [0.1, 0.15) is 5.60 Å². The van der Waals surface area contributed by atoms with E-state index in [-0.39, 0.29) is 0 Å². The highest BCUT2D eigenvalue weighted by Gasteiger charge is 2.28. The molecule has 80 valence electrons. The molecule has 1 aromatic rings. The van der Waals surface area contributed by atoms with Gasteiger partial charge in [-0.05, 0) is 44.7 Å². The number of aryl methyl sites for hydroxylation is 1. The quantitative estimate of drug-likeness (QED) is 0.693. The van der Waals surface area contributed by atoms with Gasteiger partial charge in [-0.2, -0.15) is 0 Å². The van der Waals surface area contributed by atoms with Crippen LogP contribution in [0, 0.1) is 6.92 Å². The second-order valence-electron chi connectivity index (χ2n) is 4.63. The molecule has 0 heterocycles. The average molecular weight is 202 g/mol. The molecular weight excluding hydrogens is 184 g/mol. The van der Waals surface area contributed by atoms with Crippen molar-refractivity contribution in [1.29, 1.82) is 0 Å². The Bertz CT molecular complexity index is 375. The van der Waals surface area contributed by atoms with Gasteiger partial charge in [0.25, 0.3) is 0 Å². The lowest BCUT2D eigenvalue weighted by molar-refractivity contribution is 0.0709. The van der Waals surface area contributed by atoms with Crippen molar-refractivity contribution in [2.24, 2.45) is 0 Å². The van der Waals surface area contributed by atoms with Crippen molar-refractivity contribution in [3.63, 3.8) is 0 Å². The number of allylic oxidation sites excluding steroid dienone is 1. The van der Waals surface area contributed by atoms with Crippen molar-refractivity contribution < 1.29 is 5.11 Å². The van der Waals surface area contributed by atoms with Crippen LogP contribution in [0.3, 0.4) is 0 Å². The van der Waals surface area contributed by atoms with Crippen LogP contribution < -0.4 is 0 Å². The van der Waals surface area contributed by atoms with E-state index in [4.69, 9.17) is 0 Å². The summed E-state index contributed by atoms with van der Waals surface area (Å²) in [7, 11) is 0. The smallest absolute Gasteiger partial charge is 0.108 e. The average Bonchev–Trinajstić information content (AvgIpc) is 2.18. The van der Waals surface area contributed by atoms with Gasteiger partial charge in [-0.15, -0.1) is 0 Å². The molecule has 1 aliphatic rings. The van der Waals surface area contributed by atoms with E-state index >= 15 is 0 Å². The highest BCUT2D eigenvalue weighted by molar-refractivity contribution is 5.32. The third kappa shape index (κ3) is 2.13. The first-order chi connectivity index (χ1) is 7.10. The largest absolute Gasteiger partial charge is 0.381 e. The van der Waals surface area contributed by atoms with Gasteiger partial charge < -0.3 is 5.11 Å². The lowest BCUT2D eigenvalue weighted by Gasteiger charge is -2.30. The molecule has 1 aromatic carbocycles. The van der Waals surface area contributed by atoms with E-state index in [0.717, 1.165) is 24.8 Å². The first-order valence-electron chi connectivity index (χ1n) is 5.58. The van der Waals surface area contributed by atoms with Gasteiger partial charge in [-0.3, -0.25) is 0 Å². The molecule has 1 atom stereocenters. The molecule has 1 N–H and O–H groups in total. The third-order valence-electron chi connectivity index (χ3n) is 3.17. The van der Waals surface area contributed by atoms with Gasteiger partial charge in [0, 0.05) is 0 Å². The Morgan fingerprint density at radius 2 is 1.80 bits per heavy atom. The zero-order valence-electron chi connectivity index (χ0n) is 9.46. The Hall–Kier alpha value is -1.08. The molecular formula is C14H18O. The molecule has 0 bridgehead atoms. The Morgan fingerprint density at radius 3 is 2.40 bits per heavy atom. The van der Waals surface area contributed by atoms with Gasteiger partial charge >= 0.3 is 0 Å². The zero-order valence-corrected chi connectivity index (χ0v) is 9.46. The Balaban J connectivity index is 2.36. The van der Waals surface area contributed by atoms with Crippen molar-refractivity contribution in [2.75, 3.05) is 0 Å². The van der Waals surface area contributed by atoms with Crippen LogP contribution in [0.4, 0.5) is 0 Å². The second kappa shape index (κ2) is 3.82. The first-order valence-corrected chi connectivity index (χ1v) is 5.58. The van der Waals surface area contributed by atoms with Crippen LogP contribution >= 0.6 is 0 Å². The number of rotatable bonds is 1. The molecule has 0 saturated carbocycles. The van der Waals surface area contributed by atoms with Crippen LogP contribution in [0.1, 0.15) is 37.3 Å². The number of hydrogen-bond donors (Lipinski definition) is 1. The van der Waals surface area contributed by atoms with Gasteiger partial charge in [0.05, 0.1) is 0 Å². The van der Waals surface area contributed by atoms with E-state index in [1.54, 1.807) is 0 Å². The third-order valence-corrected chi connectivity index (χ3v) is 3.17. The number of benzene rings is 1. The number of aliphatic hydroxyl groups is 1. The minimum atomic E-state index is -0.726. The maximum atomic E-state index is 10.5. The lowest BCUT2D eigenvalue weighted by atomic mass is 9.82. The summed E-state index contributed by atoms with van der Waals surface area (Å²) in [6, 6.07) is 8.19. The van der Waals surface area contributed by atoms with Crippen molar-refractivity contribution in [2.45, 2.75) is 38.7 Å². The Labute approximate surface area is 91.4 Å². The van der Waals surface area contributed by atoms with Gasteiger partial charge in [-0.1, -0.05) is 35.4 Å². The fraction of sp³-hybridized carbons (Fsp3) is 0.429. The van der Waals surface area contributed by atoms with Gasteiger partial charge in [0.15, 0.2) is 0 Å². The van der Waals surface area contributed by atoms with Crippen molar-refractivity contribution in [1.82, 2.24) is 0 Å². The summed E-state index contributed by atoms with van der Waals surface area (Å²) in [5, 5.41) is 10.5. The highest BCUT2D eigenvalue weighted by atomic mass is 16.3. The summed E-state index contributed by atoms with van der Waals surface area (Å²) < 4.78 is 0. The molecule has 1 aliphatic carbocycles. The fourth-order valence-electron chi connectivity index (χ4n) is 2.26. The maximum Gasteiger partial charge on any atom is 0.108 e. The summed E-state index contributed by atoms with van der Waals surface area (Å²) >= 11 is 0. The van der Waals surface area contributed by atoms with E-state index < -0.39 is 5.60 Å². The van der Waals surface area contributed by atoms with Crippen molar-refractivity contribution >= 4 is 0 Å². The number of hydrogen-bond acceptors (Lipinski definition) is 1. The molecule has 1 unspecified atom stereocenters. The van der Waals surface area contributed by atoms with Crippen LogP contribution in [-0.2, 0) is 5.60 Å². The predicted octanol–water partition coefficient (Wildman–Crippen LogP) is 3.31. The minimum absolute atomic E-state index is 0.726. The molecule has 0 amide bonds. The van der Waals surface area contributed by atoms with Crippen molar-refractivity contribution in [3.8, 4) is 0 Å². The molecule has 0 radical (unpaired) electrons. The molecule has 0 aliphatic heterocycles. The Kier molecular flexibility index (Phi) is 2.66. The standard InChI is InChI=1S/C14H18O/c1-11-5-7-13(8-6-11)14(15)9-3-4-12(2)10-14/h5-8,10,15H,3-4,9H2,1-2H3. The van der Waals surface area contributed by atoms with Crippen molar-refractivity contribution in [3.05, 3.63) is 47.0 Å². The van der Waals surface area contributed by atoms with Crippen LogP contribution in [-0.4, -0.2) is 5.11 Å². The molecule has 0 spiro atoms. The zero-order chi connectivity index (χ0) is 10.9. The van der Waals surface area contributed by atoms with E-state index in [1.165, 1.54) is 11.1 Å². The van der Waals surface area contributed by atoms with E-state index in [0.29, 0.717) is 0 Å². The summed E-state index contributed by atoms with van der Waals surface area (Å²) in [6.07, 6.45) is 5.05. The normalized spacial score (nSPS) is 26.2. The summed E-state index contributed by atoms with van der Waals surface area (Å²) in [5.41, 5.74) is 2.83. The maximum absolute atomic E-state index is 10.5. The summed E-state index contributed by atoms with van der Waals surface area (Å²) in [6.45, 7) is 4.16. The Morgan fingerprint density at radius 1 is 1.13 bits per heavy atom. The van der Waals surface area contributed by atoms with Crippen LogP contribution in [0.5, 0.6) is 0 Å². The lowest BCUT2D eigenvalue weighted by Crippen LogP contribution is -2.25. The molecule has 0 saturated heterocycles. The SMILES string of the molecule is CC1=CC(O)(c2ccc(C)cc2)CCC1. The van der Waals surface area contributed by atoms with Gasteiger partial charge in [0.2, 0.25) is 0 Å². The molecule has 1 heteroatoms. The molecule has 0 aromatic heterocycles. The molecule has 15 heavy (non-hydrogen) atoms. The molecule has 0 fully saturated rings. The second-order valence-corrected chi connectivity index (χ2v) is 4.63. The van der Waals surface area contributed by atoms with E-state index in [9.17, 15) is 5.11 Å². The topological polar surface area (TPSA) is 20.2 Å². The predicted molar refractivity (Wildman–Crippen MR) is 62.7 cm³/mol. The summed E-state index contributed by atoms with van der Waals surface area (Å²) in [5.74, 6) is 0. The van der Waals surface area contributed by atoms with E-state index in [2.05, 4.69) is 26.0 Å². The summed E-state index contributed by atoms with van der Waals surface area (Å²) in [4.78, 5) is 0. The molecule has 2 rings (SSSR count). The van der Waals surface area contributed by atoms with E-state index in [1.807, 2.05) is 18.2 Å². The minimum Gasteiger partial charge on any atom is -0.381 e. The monoisotopic (exact) mass is 202 g/mol. The fourth-order valence-corrected chi connectivity index (χ4v) is 2.26. The van der Waals surface area contributed by atoms with Crippen LogP contribution in [0.15, 0.2) is 35.9 Å². The van der Waals surface area contributed by atoms with Crippen LogP contribution in [0.25, 0.3) is 0 Å². The highest BCUT2D eigenvalue weighted by Crippen LogP contribution is 2.34. The molecule has 1 nitrogen and oxygen atoms in total. The first kappa shape index (κ1) is 10.4. The van der Waals surface area contributed by atoms with Crippen LogP contribution in [0.2, 0.25) is 0 Å².